The fourth-order valence-electron chi connectivity index (χ4n) is 1.49. The van der Waals surface area contributed by atoms with Gasteiger partial charge in [0.1, 0.15) is 11.5 Å². The third kappa shape index (κ3) is 3.00. The topological polar surface area (TPSA) is 56.3 Å². The van der Waals surface area contributed by atoms with Gasteiger partial charge in [0.15, 0.2) is 11.0 Å². The van der Waals surface area contributed by atoms with E-state index in [0.717, 1.165) is 0 Å². The first-order valence-corrected chi connectivity index (χ1v) is 6.06. The maximum absolute atomic E-state index is 6.07. The van der Waals surface area contributed by atoms with Crippen LogP contribution in [0.2, 0.25) is 10.2 Å². The predicted octanol–water partition coefficient (Wildman–Crippen LogP) is 3.54. The van der Waals surface area contributed by atoms with E-state index < -0.39 is 0 Å². The highest BCUT2D eigenvalue weighted by atomic mass is 35.5. The molecule has 19 heavy (non-hydrogen) atoms. The number of nitrogens with one attached hydrogen (secondary N) is 1. The molecule has 5 nitrogen and oxygen atoms in total. The van der Waals surface area contributed by atoms with Crippen LogP contribution in [0.25, 0.3) is 0 Å². The van der Waals surface area contributed by atoms with Gasteiger partial charge >= 0.3 is 0 Å². The Morgan fingerprint density at radius 3 is 2.32 bits per heavy atom. The van der Waals surface area contributed by atoms with Gasteiger partial charge in [-0.1, -0.05) is 23.2 Å². The van der Waals surface area contributed by atoms with E-state index in [9.17, 15) is 0 Å². The number of anilines is 2. The Bertz CT molecular complexity index is 593. The van der Waals surface area contributed by atoms with Gasteiger partial charge in [-0.25, -0.2) is 9.97 Å². The monoisotopic (exact) mass is 299 g/mol. The smallest absolute Gasteiger partial charge is 0.171 e. The molecule has 1 aromatic carbocycles. The molecule has 0 aliphatic carbocycles. The normalized spacial score (nSPS) is 10.1. The molecule has 0 fully saturated rings. The lowest BCUT2D eigenvalue weighted by molar-refractivity contribution is 0.396. The molecule has 2 rings (SSSR count). The van der Waals surface area contributed by atoms with Gasteiger partial charge in [0.05, 0.1) is 24.9 Å². The molecule has 0 saturated carbocycles. The molecule has 0 aliphatic heterocycles. The minimum atomic E-state index is 0.261. The molecule has 0 amide bonds. The fraction of sp³-hybridized carbons (Fsp3) is 0.167. The predicted molar refractivity (Wildman–Crippen MR) is 74.9 cm³/mol. The summed E-state index contributed by atoms with van der Waals surface area (Å²) in [6.07, 6.45) is 3.04. The second-order valence-corrected chi connectivity index (χ2v) is 4.27. The largest absolute Gasteiger partial charge is 0.495 e. The van der Waals surface area contributed by atoms with Crippen molar-refractivity contribution in [2.75, 3.05) is 19.5 Å². The van der Waals surface area contributed by atoms with Gasteiger partial charge in [0.25, 0.3) is 0 Å². The molecule has 0 unspecified atom stereocenters. The van der Waals surface area contributed by atoms with Gasteiger partial charge in [0.2, 0.25) is 0 Å². The summed E-state index contributed by atoms with van der Waals surface area (Å²) in [6, 6.07) is 3.35. The molecule has 2 aromatic rings. The first-order chi connectivity index (χ1) is 9.15. The Morgan fingerprint density at radius 1 is 1.00 bits per heavy atom. The molecule has 100 valence electrons. The second kappa shape index (κ2) is 5.95. The minimum absolute atomic E-state index is 0.261. The number of aromatic nitrogens is 2. The summed E-state index contributed by atoms with van der Waals surface area (Å²) < 4.78 is 10.4. The van der Waals surface area contributed by atoms with Crippen LogP contribution in [0.5, 0.6) is 11.5 Å². The zero-order valence-electron chi connectivity index (χ0n) is 10.3. The Balaban J connectivity index is 2.40. The summed E-state index contributed by atoms with van der Waals surface area (Å²) in [4.78, 5) is 8.01. The maximum atomic E-state index is 6.07. The van der Waals surface area contributed by atoms with E-state index in [-0.39, 0.29) is 5.15 Å². The Morgan fingerprint density at radius 2 is 1.68 bits per heavy atom. The molecule has 0 spiro atoms. The number of benzene rings is 1. The molecule has 0 saturated heterocycles. The molecule has 1 N–H and O–H groups in total. The molecule has 0 radical (unpaired) electrons. The number of hydrogen-bond donors (Lipinski definition) is 1. The summed E-state index contributed by atoms with van der Waals surface area (Å²) in [5, 5.41) is 3.72. The first kappa shape index (κ1) is 13.7. The van der Waals surface area contributed by atoms with E-state index in [0.29, 0.717) is 28.0 Å². The van der Waals surface area contributed by atoms with E-state index in [2.05, 4.69) is 15.3 Å². The van der Waals surface area contributed by atoms with Crippen molar-refractivity contribution in [3.05, 3.63) is 34.7 Å². The van der Waals surface area contributed by atoms with Crippen molar-refractivity contribution < 1.29 is 9.47 Å². The number of rotatable bonds is 4. The summed E-state index contributed by atoms with van der Waals surface area (Å²) >= 11 is 12.0. The summed E-state index contributed by atoms with van der Waals surface area (Å²) in [6.45, 7) is 0. The molecule has 0 atom stereocenters. The number of methoxy groups -OCH3 is 2. The third-order valence-electron chi connectivity index (χ3n) is 2.38. The lowest BCUT2D eigenvalue weighted by atomic mass is 10.2. The van der Waals surface area contributed by atoms with E-state index in [4.69, 9.17) is 32.7 Å². The van der Waals surface area contributed by atoms with E-state index in [1.807, 2.05) is 0 Å². The number of nitrogens with zero attached hydrogens (tertiary/aromatic N) is 2. The van der Waals surface area contributed by atoms with Gasteiger partial charge in [0, 0.05) is 18.5 Å². The van der Waals surface area contributed by atoms with Crippen molar-refractivity contribution in [2.24, 2.45) is 0 Å². The van der Waals surface area contributed by atoms with Crippen LogP contribution in [-0.4, -0.2) is 24.2 Å². The van der Waals surface area contributed by atoms with E-state index >= 15 is 0 Å². The number of ether oxygens (including phenoxy) is 2. The van der Waals surface area contributed by atoms with Crippen LogP contribution in [-0.2, 0) is 0 Å². The van der Waals surface area contributed by atoms with Crippen molar-refractivity contribution in [2.45, 2.75) is 0 Å². The van der Waals surface area contributed by atoms with Crippen molar-refractivity contribution in [1.29, 1.82) is 0 Å². The Labute approximate surface area is 120 Å². The lowest BCUT2D eigenvalue weighted by Crippen LogP contribution is -1.99. The van der Waals surface area contributed by atoms with Gasteiger partial charge in [-0.05, 0) is 6.07 Å². The fourth-order valence-corrected chi connectivity index (χ4v) is 1.88. The molecular formula is C12H11Cl2N3O2. The van der Waals surface area contributed by atoms with Crippen LogP contribution in [0.3, 0.4) is 0 Å². The lowest BCUT2D eigenvalue weighted by Gasteiger charge is -2.13. The third-order valence-corrected chi connectivity index (χ3v) is 2.95. The molecule has 0 aliphatic rings. The molecular weight excluding hydrogens is 289 g/mol. The standard InChI is InChI=1S/C12H11Cl2N3O2/c1-18-9-6-10(19-2)8(5-7(9)13)17-12-11(14)15-3-4-16-12/h3-6H,1-2H3,(H,16,17). The van der Waals surface area contributed by atoms with Gasteiger partial charge in [-0.15, -0.1) is 0 Å². The van der Waals surface area contributed by atoms with Crippen LogP contribution >= 0.6 is 23.2 Å². The zero-order valence-corrected chi connectivity index (χ0v) is 11.8. The average molecular weight is 300 g/mol. The van der Waals surface area contributed by atoms with Gasteiger partial charge < -0.3 is 14.8 Å². The first-order valence-electron chi connectivity index (χ1n) is 5.30. The highest BCUT2D eigenvalue weighted by Gasteiger charge is 2.12. The quantitative estimate of drug-likeness (QED) is 0.936. The molecule has 0 bridgehead atoms. The zero-order chi connectivity index (χ0) is 13.8. The summed E-state index contributed by atoms with van der Waals surface area (Å²) in [5.41, 5.74) is 0.621. The molecule has 1 aromatic heterocycles. The van der Waals surface area contributed by atoms with Gasteiger partial charge in [-0.3, -0.25) is 0 Å². The van der Waals surface area contributed by atoms with Crippen LogP contribution < -0.4 is 14.8 Å². The highest BCUT2D eigenvalue weighted by molar-refractivity contribution is 6.33. The number of halogens is 2. The van der Waals surface area contributed by atoms with E-state index in [1.54, 1.807) is 19.2 Å². The van der Waals surface area contributed by atoms with E-state index in [1.165, 1.54) is 19.5 Å². The molecule has 1 heterocycles. The van der Waals surface area contributed by atoms with Crippen molar-refractivity contribution in [3.63, 3.8) is 0 Å². The highest BCUT2D eigenvalue weighted by Crippen LogP contribution is 2.37. The van der Waals surface area contributed by atoms with Crippen LogP contribution in [0.4, 0.5) is 11.5 Å². The van der Waals surface area contributed by atoms with Crippen LogP contribution in [0.15, 0.2) is 24.5 Å². The second-order valence-electron chi connectivity index (χ2n) is 3.51. The van der Waals surface area contributed by atoms with Crippen molar-refractivity contribution in [3.8, 4) is 11.5 Å². The Kier molecular flexibility index (Phi) is 4.29. The summed E-state index contributed by atoms with van der Waals surface area (Å²) in [5.74, 6) is 1.50. The van der Waals surface area contributed by atoms with Crippen LogP contribution in [0, 0.1) is 0 Å². The maximum Gasteiger partial charge on any atom is 0.171 e. The SMILES string of the molecule is COc1cc(OC)c(Nc2nccnc2Cl)cc1Cl. The van der Waals surface area contributed by atoms with Crippen molar-refractivity contribution in [1.82, 2.24) is 9.97 Å². The van der Waals surface area contributed by atoms with Crippen LogP contribution in [0.1, 0.15) is 0 Å². The molecule has 7 heteroatoms. The average Bonchev–Trinajstić information content (AvgIpc) is 2.42. The number of hydrogen-bond acceptors (Lipinski definition) is 5. The van der Waals surface area contributed by atoms with Crippen molar-refractivity contribution >= 4 is 34.7 Å². The van der Waals surface area contributed by atoms with Gasteiger partial charge in [-0.2, -0.15) is 0 Å². The summed E-state index contributed by atoms with van der Waals surface area (Å²) in [7, 11) is 3.08. The Hall–Kier alpha value is -1.72. The minimum Gasteiger partial charge on any atom is -0.495 e.